The number of amides is 1. The lowest BCUT2D eigenvalue weighted by molar-refractivity contribution is -0.147. The van der Waals surface area contributed by atoms with E-state index in [1.165, 1.54) is 4.90 Å². The maximum absolute atomic E-state index is 12.3. The standard InChI is InChI=1S/C12H16N2O3/c1-12(11(16)17)6-4-8-14(12)10(15)9-5-3-7-13(9)2/h3,5,7H,4,6,8H2,1-2H3,(H,16,17). The highest BCUT2D eigenvalue weighted by Crippen LogP contribution is 2.30. The number of nitrogens with zero attached hydrogens (tertiary/aromatic N) is 2. The van der Waals surface area contributed by atoms with Gasteiger partial charge in [-0.05, 0) is 31.9 Å². The topological polar surface area (TPSA) is 62.5 Å². The second-order valence-electron chi connectivity index (χ2n) is 4.64. The van der Waals surface area contributed by atoms with Crippen LogP contribution in [0.4, 0.5) is 0 Å². The van der Waals surface area contributed by atoms with E-state index in [2.05, 4.69) is 0 Å². The van der Waals surface area contributed by atoms with Crippen molar-refractivity contribution in [1.29, 1.82) is 0 Å². The number of hydrogen-bond acceptors (Lipinski definition) is 2. The average Bonchev–Trinajstić information content (AvgIpc) is 2.84. The van der Waals surface area contributed by atoms with E-state index in [1.807, 2.05) is 0 Å². The van der Waals surface area contributed by atoms with Crippen LogP contribution >= 0.6 is 0 Å². The molecule has 1 N–H and O–H groups in total. The number of aromatic nitrogens is 1. The van der Waals surface area contributed by atoms with Crippen molar-refractivity contribution in [1.82, 2.24) is 9.47 Å². The summed E-state index contributed by atoms with van der Waals surface area (Å²) in [5.41, 5.74) is -0.541. The molecule has 17 heavy (non-hydrogen) atoms. The monoisotopic (exact) mass is 236 g/mol. The summed E-state index contributed by atoms with van der Waals surface area (Å²) in [5.74, 6) is -1.14. The maximum atomic E-state index is 12.3. The Morgan fingerprint density at radius 2 is 2.18 bits per heavy atom. The average molecular weight is 236 g/mol. The van der Waals surface area contributed by atoms with Crippen LogP contribution in [0.2, 0.25) is 0 Å². The summed E-state index contributed by atoms with van der Waals surface area (Å²) in [5, 5.41) is 9.26. The van der Waals surface area contributed by atoms with Crippen molar-refractivity contribution in [3.63, 3.8) is 0 Å². The van der Waals surface area contributed by atoms with Crippen LogP contribution in [0.15, 0.2) is 18.3 Å². The Hall–Kier alpha value is -1.78. The van der Waals surface area contributed by atoms with Crippen molar-refractivity contribution >= 4 is 11.9 Å². The molecule has 2 heterocycles. The molecular formula is C12H16N2O3. The van der Waals surface area contributed by atoms with Crippen LogP contribution in [0.25, 0.3) is 0 Å². The normalized spacial score (nSPS) is 24.0. The highest BCUT2D eigenvalue weighted by atomic mass is 16.4. The van der Waals surface area contributed by atoms with Crippen molar-refractivity contribution in [3.8, 4) is 0 Å². The molecule has 1 unspecified atom stereocenters. The van der Waals surface area contributed by atoms with Gasteiger partial charge in [0.1, 0.15) is 11.2 Å². The Morgan fingerprint density at radius 3 is 2.71 bits per heavy atom. The van der Waals surface area contributed by atoms with Crippen molar-refractivity contribution in [2.24, 2.45) is 7.05 Å². The molecule has 1 aliphatic heterocycles. The Morgan fingerprint density at radius 1 is 1.47 bits per heavy atom. The van der Waals surface area contributed by atoms with E-state index in [0.29, 0.717) is 18.7 Å². The van der Waals surface area contributed by atoms with Crippen molar-refractivity contribution in [3.05, 3.63) is 24.0 Å². The second-order valence-corrected chi connectivity index (χ2v) is 4.64. The minimum atomic E-state index is -1.07. The van der Waals surface area contributed by atoms with Gasteiger partial charge >= 0.3 is 5.97 Å². The smallest absolute Gasteiger partial charge is 0.329 e. The summed E-state index contributed by atoms with van der Waals surface area (Å²) in [7, 11) is 1.78. The molecule has 1 aliphatic rings. The van der Waals surface area contributed by atoms with Gasteiger partial charge in [-0.25, -0.2) is 4.79 Å². The molecule has 0 aliphatic carbocycles. The molecule has 1 saturated heterocycles. The molecule has 0 aromatic carbocycles. The molecule has 5 heteroatoms. The first-order valence-electron chi connectivity index (χ1n) is 5.63. The lowest BCUT2D eigenvalue weighted by atomic mass is 9.99. The number of aliphatic carboxylic acids is 1. The fourth-order valence-electron chi connectivity index (χ4n) is 2.33. The third-order valence-corrected chi connectivity index (χ3v) is 3.51. The number of carbonyl (C=O) groups excluding carboxylic acids is 1. The van der Waals surface area contributed by atoms with E-state index in [-0.39, 0.29) is 5.91 Å². The molecule has 5 nitrogen and oxygen atoms in total. The molecular weight excluding hydrogens is 220 g/mol. The van der Waals surface area contributed by atoms with Crippen molar-refractivity contribution < 1.29 is 14.7 Å². The summed E-state index contributed by atoms with van der Waals surface area (Å²) < 4.78 is 1.71. The van der Waals surface area contributed by atoms with Crippen LogP contribution in [0.3, 0.4) is 0 Å². The summed E-state index contributed by atoms with van der Waals surface area (Å²) in [4.78, 5) is 25.0. The molecule has 92 valence electrons. The lowest BCUT2D eigenvalue weighted by Gasteiger charge is -2.31. The number of likely N-dealkylation sites (tertiary alicyclic amines) is 1. The van der Waals surface area contributed by atoms with Gasteiger partial charge < -0.3 is 14.6 Å². The minimum absolute atomic E-state index is 0.208. The number of hydrogen-bond donors (Lipinski definition) is 1. The quantitative estimate of drug-likeness (QED) is 0.836. The van der Waals surface area contributed by atoms with E-state index in [0.717, 1.165) is 6.42 Å². The van der Waals surface area contributed by atoms with Crippen LogP contribution in [-0.4, -0.2) is 38.5 Å². The van der Waals surface area contributed by atoms with Crippen LogP contribution in [-0.2, 0) is 11.8 Å². The molecule has 1 aromatic rings. The highest BCUT2D eigenvalue weighted by molar-refractivity contribution is 5.97. The number of aryl methyl sites for hydroxylation is 1. The molecule has 0 saturated carbocycles. The molecule has 1 aromatic heterocycles. The van der Waals surface area contributed by atoms with E-state index < -0.39 is 11.5 Å². The van der Waals surface area contributed by atoms with Gasteiger partial charge in [0.2, 0.25) is 0 Å². The Bertz CT molecular complexity index is 466. The predicted octanol–water partition coefficient (Wildman–Crippen LogP) is 1.10. The number of carbonyl (C=O) groups is 2. The van der Waals surface area contributed by atoms with Crippen LogP contribution in [0.5, 0.6) is 0 Å². The largest absolute Gasteiger partial charge is 0.480 e. The summed E-state index contributed by atoms with van der Waals surface area (Å²) in [6, 6.07) is 3.49. The number of carboxylic acids is 1. The Balaban J connectivity index is 2.32. The van der Waals surface area contributed by atoms with Gasteiger partial charge in [0.25, 0.3) is 5.91 Å². The van der Waals surface area contributed by atoms with E-state index in [1.54, 1.807) is 36.9 Å². The molecule has 0 spiro atoms. The van der Waals surface area contributed by atoms with E-state index in [9.17, 15) is 14.7 Å². The first-order valence-corrected chi connectivity index (χ1v) is 5.63. The van der Waals surface area contributed by atoms with Crippen LogP contribution < -0.4 is 0 Å². The fraction of sp³-hybridized carbons (Fsp3) is 0.500. The SMILES string of the molecule is Cn1cccc1C(=O)N1CCCC1(C)C(=O)O. The fourth-order valence-corrected chi connectivity index (χ4v) is 2.33. The predicted molar refractivity (Wildman–Crippen MR) is 61.7 cm³/mol. The Labute approximate surface area is 99.6 Å². The Kier molecular flexibility index (Phi) is 2.69. The lowest BCUT2D eigenvalue weighted by Crippen LogP contribution is -2.51. The zero-order chi connectivity index (χ0) is 12.6. The molecule has 0 radical (unpaired) electrons. The summed E-state index contributed by atoms with van der Waals surface area (Å²) >= 11 is 0. The van der Waals surface area contributed by atoms with E-state index in [4.69, 9.17) is 0 Å². The van der Waals surface area contributed by atoms with Gasteiger partial charge in [0.15, 0.2) is 0 Å². The van der Waals surface area contributed by atoms with Gasteiger partial charge in [-0.2, -0.15) is 0 Å². The van der Waals surface area contributed by atoms with Crippen LogP contribution in [0.1, 0.15) is 30.3 Å². The molecule has 0 bridgehead atoms. The minimum Gasteiger partial charge on any atom is -0.480 e. The van der Waals surface area contributed by atoms with Gasteiger partial charge in [0.05, 0.1) is 0 Å². The van der Waals surface area contributed by atoms with Crippen LogP contribution in [0, 0.1) is 0 Å². The third-order valence-electron chi connectivity index (χ3n) is 3.51. The van der Waals surface area contributed by atoms with Gasteiger partial charge in [-0.15, -0.1) is 0 Å². The zero-order valence-corrected chi connectivity index (χ0v) is 10.0. The van der Waals surface area contributed by atoms with Gasteiger partial charge in [-0.3, -0.25) is 4.79 Å². The molecule has 1 atom stereocenters. The first kappa shape index (κ1) is 11.7. The number of carboxylic acid groups (broad SMARTS) is 1. The molecule has 2 rings (SSSR count). The van der Waals surface area contributed by atoms with Gasteiger partial charge in [0, 0.05) is 19.8 Å². The number of rotatable bonds is 2. The first-order chi connectivity index (χ1) is 7.97. The maximum Gasteiger partial charge on any atom is 0.329 e. The summed E-state index contributed by atoms with van der Waals surface area (Å²) in [6.45, 7) is 2.12. The zero-order valence-electron chi connectivity index (χ0n) is 10.0. The van der Waals surface area contributed by atoms with Crippen molar-refractivity contribution in [2.75, 3.05) is 6.54 Å². The van der Waals surface area contributed by atoms with E-state index >= 15 is 0 Å². The molecule has 1 fully saturated rings. The van der Waals surface area contributed by atoms with Crippen molar-refractivity contribution in [2.45, 2.75) is 25.3 Å². The second kappa shape index (κ2) is 3.91. The van der Waals surface area contributed by atoms with Gasteiger partial charge in [-0.1, -0.05) is 0 Å². The third kappa shape index (κ3) is 1.71. The summed E-state index contributed by atoms with van der Waals surface area (Å²) in [6.07, 6.45) is 3.03. The molecule has 1 amide bonds. The highest BCUT2D eigenvalue weighted by Gasteiger charge is 2.46.